The Balaban J connectivity index is 1.91. The summed E-state index contributed by atoms with van der Waals surface area (Å²) in [6.07, 6.45) is 1.88. The van der Waals surface area contributed by atoms with Crippen molar-refractivity contribution >= 4 is 17.9 Å². The van der Waals surface area contributed by atoms with Gasteiger partial charge in [0.1, 0.15) is 0 Å². The van der Waals surface area contributed by atoms with E-state index in [0.29, 0.717) is 5.56 Å². The van der Waals surface area contributed by atoms with Crippen LogP contribution in [0.15, 0.2) is 59.6 Å². The van der Waals surface area contributed by atoms with Crippen LogP contribution >= 0.6 is 0 Å². The second-order valence-electron chi connectivity index (χ2n) is 6.25. The lowest BCUT2D eigenvalue weighted by Gasteiger charge is -2.09. The van der Waals surface area contributed by atoms with Gasteiger partial charge in [0.15, 0.2) is 0 Å². The van der Waals surface area contributed by atoms with Gasteiger partial charge in [-0.25, -0.2) is 4.79 Å². The Hall–Kier alpha value is -3.14. The van der Waals surface area contributed by atoms with E-state index < -0.39 is 0 Å². The molecular weight excluding hydrogens is 324 g/mol. The SMILES string of the molecule is COC(=O)c1ccc(N=Cc2cc(C)n(-c3ccccc3)c2C)c(C)c1. The summed E-state index contributed by atoms with van der Waals surface area (Å²) in [5.74, 6) is -0.338. The summed E-state index contributed by atoms with van der Waals surface area (Å²) >= 11 is 0. The first kappa shape index (κ1) is 17.7. The molecule has 26 heavy (non-hydrogen) atoms. The second kappa shape index (κ2) is 7.40. The van der Waals surface area contributed by atoms with Crippen LogP contribution in [0.5, 0.6) is 0 Å². The van der Waals surface area contributed by atoms with Crippen LogP contribution in [0, 0.1) is 20.8 Å². The molecule has 3 aromatic rings. The summed E-state index contributed by atoms with van der Waals surface area (Å²) < 4.78 is 6.97. The molecule has 2 aromatic carbocycles. The first-order chi connectivity index (χ1) is 12.5. The van der Waals surface area contributed by atoms with Crippen LogP contribution in [0.3, 0.4) is 0 Å². The van der Waals surface area contributed by atoms with Crippen molar-refractivity contribution in [2.24, 2.45) is 4.99 Å². The minimum absolute atomic E-state index is 0.338. The molecule has 0 spiro atoms. The van der Waals surface area contributed by atoms with Crippen LogP contribution in [0.2, 0.25) is 0 Å². The summed E-state index contributed by atoms with van der Waals surface area (Å²) in [5.41, 5.74) is 6.81. The van der Waals surface area contributed by atoms with E-state index in [4.69, 9.17) is 4.74 Å². The lowest BCUT2D eigenvalue weighted by molar-refractivity contribution is 0.0600. The van der Waals surface area contributed by atoms with Crippen molar-refractivity contribution in [2.45, 2.75) is 20.8 Å². The maximum absolute atomic E-state index is 11.6. The van der Waals surface area contributed by atoms with Gasteiger partial charge in [0.05, 0.1) is 18.4 Å². The molecular formula is C22H22N2O2. The number of esters is 1. The fraction of sp³-hybridized carbons (Fsp3) is 0.182. The highest BCUT2D eigenvalue weighted by atomic mass is 16.5. The zero-order valence-corrected chi connectivity index (χ0v) is 15.5. The van der Waals surface area contributed by atoms with E-state index >= 15 is 0 Å². The summed E-state index contributed by atoms with van der Waals surface area (Å²) in [7, 11) is 1.38. The summed E-state index contributed by atoms with van der Waals surface area (Å²) in [6, 6.07) is 17.8. The zero-order chi connectivity index (χ0) is 18.7. The predicted molar refractivity (Wildman–Crippen MR) is 105 cm³/mol. The average Bonchev–Trinajstić information content (AvgIpc) is 2.94. The van der Waals surface area contributed by atoms with Crippen molar-refractivity contribution in [3.63, 3.8) is 0 Å². The number of benzene rings is 2. The molecule has 4 heteroatoms. The van der Waals surface area contributed by atoms with Gasteiger partial charge in [-0.15, -0.1) is 0 Å². The number of nitrogens with zero attached hydrogens (tertiary/aromatic N) is 2. The molecule has 0 radical (unpaired) electrons. The van der Waals surface area contributed by atoms with E-state index in [0.717, 1.165) is 33.9 Å². The fourth-order valence-corrected chi connectivity index (χ4v) is 3.08. The van der Waals surface area contributed by atoms with Gasteiger partial charge in [-0.2, -0.15) is 0 Å². The van der Waals surface area contributed by atoms with E-state index in [-0.39, 0.29) is 5.97 Å². The summed E-state index contributed by atoms with van der Waals surface area (Å²) in [5, 5.41) is 0. The Labute approximate surface area is 153 Å². The normalized spacial score (nSPS) is 11.1. The smallest absolute Gasteiger partial charge is 0.337 e. The number of aryl methyl sites for hydroxylation is 2. The number of ether oxygens (including phenoxy) is 1. The number of aliphatic imine (C=N–C) groups is 1. The molecule has 0 bridgehead atoms. The van der Waals surface area contributed by atoms with Gasteiger partial charge in [-0.1, -0.05) is 18.2 Å². The quantitative estimate of drug-likeness (QED) is 0.496. The van der Waals surface area contributed by atoms with Crippen molar-refractivity contribution in [1.29, 1.82) is 0 Å². The summed E-state index contributed by atoms with van der Waals surface area (Å²) in [4.78, 5) is 16.2. The van der Waals surface area contributed by atoms with E-state index in [1.54, 1.807) is 12.1 Å². The van der Waals surface area contributed by atoms with E-state index in [9.17, 15) is 4.79 Å². The monoisotopic (exact) mass is 346 g/mol. The highest BCUT2D eigenvalue weighted by Gasteiger charge is 2.10. The van der Waals surface area contributed by atoms with E-state index in [2.05, 4.69) is 41.6 Å². The maximum Gasteiger partial charge on any atom is 0.337 e. The molecule has 0 aliphatic heterocycles. The van der Waals surface area contributed by atoms with Gasteiger partial charge >= 0.3 is 5.97 Å². The highest BCUT2D eigenvalue weighted by Crippen LogP contribution is 2.23. The third-order valence-electron chi connectivity index (χ3n) is 4.45. The molecule has 0 N–H and O–H groups in total. The molecule has 0 atom stereocenters. The molecule has 1 heterocycles. The number of aromatic nitrogens is 1. The number of hydrogen-bond donors (Lipinski definition) is 0. The predicted octanol–water partition coefficient (Wildman–Crippen LogP) is 4.94. The summed E-state index contributed by atoms with van der Waals surface area (Å²) in [6.45, 7) is 6.12. The molecule has 0 fully saturated rings. The number of rotatable bonds is 4. The zero-order valence-electron chi connectivity index (χ0n) is 15.5. The Morgan fingerprint density at radius 3 is 2.42 bits per heavy atom. The number of hydrogen-bond acceptors (Lipinski definition) is 3. The molecule has 0 unspecified atom stereocenters. The first-order valence-corrected chi connectivity index (χ1v) is 8.48. The van der Waals surface area contributed by atoms with E-state index in [1.807, 2.05) is 37.4 Å². The molecule has 0 aliphatic carbocycles. The first-order valence-electron chi connectivity index (χ1n) is 8.48. The van der Waals surface area contributed by atoms with Crippen molar-refractivity contribution in [1.82, 2.24) is 4.57 Å². The maximum atomic E-state index is 11.6. The Morgan fingerprint density at radius 1 is 1.04 bits per heavy atom. The molecule has 4 nitrogen and oxygen atoms in total. The van der Waals surface area contributed by atoms with Gasteiger partial charge in [-0.05, 0) is 62.7 Å². The third kappa shape index (κ3) is 3.45. The van der Waals surface area contributed by atoms with Gasteiger partial charge in [-0.3, -0.25) is 4.99 Å². The Kier molecular flexibility index (Phi) is 5.03. The lowest BCUT2D eigenvalue weighted by Crippen LogP contribution is -2.01. The minimum atomic E-state index is -0.338. The van der Waals surface area contributed by atoms with Gasteiger partial charge in [0.2, 0.25) is 0 Å². The average molecular weight is 346 g/mol. The van der Waals surface area contributed by atoms with Crippen LogP contribution in [0.4, 0.5) is 5.69 Å². The van der Waals surface area contributed by atoms with Crippen LogP contribution in [-0.2, 0) is 4.74 Å². The Bertz CT molecular complexity index is 969. The molecule has 0 saturated heterocycles. The van der Waals surface area contributed by atoms with Crippen molar-refractivity contribution in [3.05, 3.63) is 82.7 Å². The molecule has 0 saturated carbocycles. The minimum Gasteiger partial charge on any atom is -0.465 e. The van der Waals surface area contributed by atoms with Crippen molar-refractivity contribution in [3.8, 4) is 5.69 Å². The van der Waals surface area contributed by atoms with Crippen LogP contribution < -0.4 is 0 Å². The van der Waals surface area contributed by atoms with Crippen LogP contribution in [0.25, 0.3) is 5.69 Å². The van der Waals surface area contributed by atoms with Gasteiger partial charge < -0.3 is 9.30 Å². The molecule has 3 rings (SSSR count). The highest BCUT2D eigenvalue weighted by molar-refractivity contribution is 5.90. The number of carbonyl (C=O) groups excluding carboxylic acids is 1. The van der Waals surface area contributed by atoms with Gasteiger partial charge in [0, 0.05) is 28.9 Å². The molecule has 0 aliphatic rings. The largest absolute Gasteiger partial charge is 0.465 e. The second-order valence-corrected chi connectivity index (χ2v) is 6.25. The Morgan fingerprint density at radius 2 is 1.77 bits per heavy atom. The van der Waals surface area contributed by atoms with Crippen molar-refractivity contribution < 1.29 is 9.53 Å². The number of methoxy groups -OCH3 is 1. The van der Waals surface area contributed by atoms with Crippen LogP contribution in [-0.4, -0.2) is 23.9 Å². The number of para-hydroxylation sites is 1. The molecule has 132 valence electrons. The van der Waals surface area contributed by atoms with Crippen molar-refractivity contribution in [2.75, 3.05) is 7.11 Å². The molecule has 1 aromatic heterocycles. The molecule has 0 amide bonds. The fourth-order valence-electron chi connectivity index (χ4n) is 3.08. The standard InChI is InChI=1S/C22H22N2O2/c1-15-12-18(22(25)26-4)10-11-21(15)23-14-19-13-16(2)24(17(19)3)20-8-6-5-7-9-20/h5-14H,1-4H3. The lowest BCUT2D eigenvalue weighted by atomic mass is 10.1. The van der Waals surface area contributed by atoms with Crippen LogP contribution in [0.1, 0.15) is 32.9 Å². The van der Waals surface area contributed by atoms with Gasteiger partial charge in [0.25, 0.3) is 0 Å². The topological polar surface area (TPSA) is 43.6 Å². The third-order valence-corrected chi connectivity index (χ3v) is 4.45. The van der Waals surface area contributed by atoms with E-state index in [1.165, 1.54) is 7.11 Å². The number of carbonyl (C=O) groups is 1.